The molecule has 5 heterocycles. The van der Waals surface area contributed by atoms with E-state index in [2.05, 4.69) is 49.4 Å². The zero-order valence-corrected chi connectivity index (χ0v) is 18.0. The van der Waals surface area contributed by atoms with Crippen LogP contribution >= 0.6 is 0 Å². The minimum atomic E-state index is 1.12. The molecule has 0 N–H and O–H groups in total. The number of anilines is 3. The second-order valence-corrected chi connectivity index (χ2v) is 9.29. The molecule has 3 aliphatic rings. The van der Waals surface area contributed by atoms with Crippen LogP contribution in [-0.2, 0) is 0 Å². The SMILES string of the molecule is c1ccc2c(c1)nc(N1CCCC1)c1cc(N3CCCCC3)c(N3CCCCC3)n12. The molecule has 3 aromatic rings. The van der Waals surface area contributed by atoms with Crippen molar-refractivity contribution < 1.29 is 0 Å². The molecule has 0 atom stereocenters. The van der Waals surface area contributed by atoms with Crippen molar-refractivity contribution in [3.8, 4) is 0 Å². The number of rotatable bonds is 3. The molecule has 0 unspecified atom stereocenters. The van der Waals surface area contributed by atoms with Gasteiger partial charge in [-0.3, -0.25) is 4.40 Å². The highest BCUT2D eigenvalue weighted by Gasteiger charge is 2.28. The van der Waals surface area contributed by atoms with Crippen molar-refractivity contribution in [2.45, 2.75) is 51.4 Å². The highest BCUT2D eigenvalue weighted by Crippen LogP contribution is 2.41. The molecule has 0 radical (unpaired) electrons. The Hall–Kier alpha value is -2.43. The summed E-state index contributed by atoms with van der Waals surface area (Å²) in [5.74, 6) is 2.61. The summed E-state index contributed by atoms with van der Waals surface area (Å²) < 4.78 is 2.56. The summed E-state index contributed by atoms with van der Waals surface area (Å²) >= 11 is 0. The van der Waals surface area contributed by atoms with Crippen molar-refractivity contribution in [1.29, 1.82) is 0 Å². The monoisotopic (exact) mass is 403 g/mol. The summed E-state index contributed by atoms with van der Waals surface area (Å²) in [6.07, 6.45) is 10.5. The van der Waals surface area contributed by atoms with E-state index in [1.807, 2.05) is 0 Å². The smallest absolute Gasteiger partial charge is 0.153 e. The van der Waals surface area contributed by atoms with Gasteiger partial charge in [0.25, 0.3) is 0 Å². The lowest BCUT2D eigenvalue weighted by Gasteiger charge is -2.34. The lowest BCUT2D eigenvalue weighted by molar-refractivity contribution is 0.562. The van der Waals surface area contributed by atoms with Gasteiger partial charge in [0, 0.05) is 39.3 Å². The first-order valence-electron chi connectivity index (χ1n) is 12.1. The Morgan fingerprint density at radius 3 is 1.93 bits per heavy atom. The van der Waals surface area contributed by atoms with Gasteiger partial charge in [0.05, 0.1) is 22.2 Å². The number of hydrogen-bond donors (Lipinski definition) is 0. The van der Waals surface area contributed by atoms with Gasteiger partial charge < -0.3 is 14.7 Å². The summed E-state index contributed by atoms with van der Waals surface area (Å²) in [6, 6.07) is 11.2. The van der Waals surface area contributed by atoms with E-state index in [-0.39, 0.29) is 0 Å². The van der Waals surface area contributed by atoms with Gasteiger partial charge in [-0.1, -0.05) is 12.1 Å². The average Bonchev–Trinajstić information content (AvgIpc) is 3.48. The van der Waals surface area contributed by atoms with Crippen molar-refractivity contribution in [2.75, 3.05) is 54.0 Å². The molecule has 0 bridgehead atoms. The van der Waals surface area contributed by atoms with Gasteiger partial charge in [0.1, 0.15) is 5.82 Å². The third kappa shape index (κ3) is 3.01. The molecule has 0 spiro atoms. The maximum absolute atomic E-state index is 5.20. The zero-order chi connectivity index (χ0) is 19.9. The molecule has 3 aliphatic heterocycles. The number of benzene rings is 1. The van der Waals surface area contributed by atoms with Crippen LogP contribution in [0.5, 0.6) is 0 Å². The van der Waals surface area contributed by atoms with Crippen molar-refractivity contribution >= 4 is 33.9 Å². The molecule has 0 saturated carbocycles. The standard InChI is InChI=1S/C25H33N5/c1-5-13-27(14-6-1)23-19-22-24(28-15-9-10-16-28)26-20-11-3-4-12-21(20)30(22)25(23)29-17-7-2-8-18-29/h3-4,11-12,19H,1-2,5-10,13-18H2. The van der Waals surface area contributed by atoms with Crippen molar-refractivity contribution in [2.24, 2.45) is 0 Å². The number of piperidine rings is 2. The van der Waals surface area contributed by atoms with Crippen LogP contribution in [0.3, 0.4) is 0 Å². The Bertz CT molecular complexity index is 1040. The fraction of sp³-hybridized carbons (Fsp3) is 0.560. The van der Waals surface area contributed by atoms with Crippen LogP contribution in [0.15, 0.2) is 30.3 Å². The van der Waals surface area contributed by atoms with Gasteiger partial charge in [-0.05, 0) is 69.6 Å². The van der Waals surface area contributed by atoms with Crippen molar-refractivity contribution in [3.05, 3.63) is 30.3 Å². The maximum atomic E-state index is 5.20. The highest BCUT2D eigenvalue weighted by atomic mass is 15.3. The van der Waals surface area contributed by atoms with Gasteiger partial charge >= 0.3 is 0 Å². The van der Waals surface area contributed by atoms with Gasteiger partial charge in [0.15, 0.2) is 5.82 Å². The molecule has 3 saturated heterocycles. The fourth-order valence-electron chi connectivity index (χ4n) is 5.75. The molecule has 1 aromatic carbocycles. The van der Waals surface area contributed by atoms with E-state index in [4.69, 9.17) is 4.98 Å². The number of fused-ring (bicyclic) bond motifs is 3. The Kier molecular flexibility index (Phi) is 4.70. The van der Waals surface area contributed by atoms with Crippen LogP contribution in [0.25, 0.3) is 16.6 Å². The Morgan fingerprint density at radius 2 is 1.20 bits per heavy atom. The Morgan fingerprint density at radius 1 is 0.600 bits per heavy atom. The lowest BCUT2D eigenvalue weighted by atomic mass is 10.1. The predicted molar refractivity (Wildman–Crippen MR) is 126 cm³/mol. The largest absolute Gasteiger partial charge is 0.369 e. The molecule has 2 aromatic heterocycles. The summed E-state index contributed by atoms with van der Waals surface area (Å²) in [6.45, 7) is 6.96. The number of para-hydroxylation sites is 2. The topological polar surface area (TPSA) is 27.0 Å². The third-order valence-electron chi connectivity index (χ3n) is 7.29. The summed E-state index contributed by atoms with van der Waals surface area (Å²) in [5.41, 5.74) is 5.11. The molecule has 5 nitrogen and oxygen atoms in total. The summed E-state index contributed by atoms with van der Waals surface area (Å²) in [4.78, 5) is 13.0. The van der Waals surface area contributed by atoms with Crippen LogP contribution in [0.1, 0.15) is 51.4 Å². The zero-order valence-electron chi connectivity index (χ0n) is 18.0. The van der Waals surface area contributed by atoms with Crippen LogP contribution in [0.4, 0.5) is 17.3 Å². The molecular formula is C25H33N5. The predicted octanol–water partition coefficient (Wildman–Crippen LogP) is 5.07. The normalized spacial score (nSPS) is 20.6. The second kappa shape index (κ2) is 7.68. The van der Waals surface area contributed by atoms with Gasteiger partial charge in [-0.15, -0.1) is 0 Å². The van der Waals surface area contributed by atoms with E-state index in [0.29, 0.717) is 0 Å². The first kappa shape index (κ1) is 18.3. The summed E-state index contributed by atoms with van der Waals surface area (Å²) in [7, 11) is 0. The van der Waals surface area contributed by atoms with Crippen LogP contribution in [-0.4, -0.2) is 48.7 Å². The lowest BCUT2D eigenvalue weighted by Crippen LogP contribution is -2.34. The molecule has 6 rings (SSSR count). The molecular weight excluding hydrogens is 370 g/mol. The Labute approximate surface area is 179 Å². The molecule has 30 heavy (non-hydrogen) atoms. The minimum Gasteiger partial charge on any atom is -0.369 e. The highest BCUT2D eigenvalue weighted by molar-refractivity contribution is 5.93. The molecule has 5 heteroatoms. The van der Waals surface area contributed by atoms with Gasteiger partial charge in [-0.2, -0.15) is 0 Å². The van der Waals surface area contributed by atoms with Gasteiger partial charge in [0.2, 0.25) is 0 Å². The van der Waals surface area contributed by atoms with Crippen LogP contribution in [0, 0.1) is 0 Å². The fourth-order valence-corrected chi connectivity index (χ4v) is 5.75. The average molecular weight is 404 g/mol. The molecule has 0 aliphatic carbocycles. The van der Waals surface area contributed by atoms with Gasteiger partial charge in [-0.25, -0.2) is 4.98 Å². The van der Waals surface area contributed by atoms with E-state index in [9.17, 15) is 0 Å². The quantitative estimate of drug-likeness (QED) is 0.610. The van der Waals surface area contributed by atoms with E-state index in [0.717, 1.165) is 18.6 Å². The summed E-state index contributed by atoms with van der Waals surface area (Å²) in [5, 5.41) is 0. The van der Waals surface area contributed by atoms with Crippen LogP contribution in [0.2, 0.25) is 0 Å². The van der Waals surface area contributed by atoms with E-state index < -0.39 is 0 Å². The minimum absolute atomic E-state index is 1.12. The number of nitrogens with zero attached hydrogens (tertiary/aromatic N) is 5. The van der Waals surface area contributed by atoms with Crippen LogP contribution < -0.4 is 14.7 Å². The first-order valence-corrected chi connectivity index (χ1v) is 12.1. The van der Waals surface area contributed by atoms with Crippen molar-refractivity contribution in [3.63, 3.8) is 0 Å². The Balaban J connectivity index is 1.63. The van der Waals surface area contributed by atoms with E-state index in [1.54, 1.807) is 0 Å². The molecule has 3 fully saturated rings. The van der Waals surface area contributed by atoms with E-state index >= 15 is 0 Å². The number of aromatic nitrogens is 2. The number of hydrogen-bond acceptors (Lipinski definition) is 4. The second-order valence-electron chi connectivity index (χ2n) is 9.29. The third-order valence-corrected chi connectivity index (χ3v) is 7.29. The molecule has 158 valence electrons. The maximum Gasteiger partial charge on any atom is 0.153 e. The molecule has 0 amide bonds. The van der Waals surface area contributed by atoms with E-state index in [1.165, 1.54) is 106 Å². The first-order chi connectivity index (χ1) is 14.9. The van der Waals surface area contributed by atoms with Crippen molar-refractivity contribution in [1.82, 2.24) is 9.38 Å².